The number of rotatable bonds is 7. The molecule has 0 bridgehead atoms. The van der Waals surface area contributed by atoms with Gasteiger partial charge in [0.1, 0.15) is 6.54 Å². The molecule has 0 fully saturated rings. The van der Waals surface area contributed by atoms with Crippen molar-refractivity contribution in [1.29, 1.82) is 0 Å². The molecule has 0 aliphatic carbocycles. The van der Waals surface area contributed by atoms with E-state index in [4.69, 9.17) is 4.74 Å². The number of amides is 1. The lowest BCUT2D eigenvalue weighted by atomic mass is 10.1. The Hall–Kier alpha value is -2.23. The fraction of sp³-hybridized carbons (Fsp3) is 0.263. The summed E-state index contributed by atoms with van der Waals surface area (Å²) in [4.78, 5) is 24.1. The zero-order chi connectivity index (χ0) is 20.9. The number of ether oxygens (including phenoxy) is 1. The van der Waals surface area contributed by atoms with Crippen molar-refractivity contribution >= 4 is 43.5 Å². The van der Waals surface area contributed by atoms with Gasteiger partial charge in [0.2, 0.25) is 10.0 Å². The van der Waals surface area contributed by atoms with Crippen molar-refractivity contribution in [3.63, 3.8) is 0 Å². The number of nitrogens with one attached hydrogen (secondary N) is 2. The molecule has 2 aromatic rings. The van der Waals surface area contributed by atoms with Gasteiger partial charge in [0.25, 0.3) is 5.91 Å². The van der Waals surface area contributed by atoms with E-state index < -0.39 is 34.5 Å². The van der Waals surface area contributed by atoms with Gasteiger partial charge in [-0.1, -0.05) is 22.0 Å². The van der Waals surface area contributed by atoms with Crippen LogP contribution in [0.3, 0.4) is 0 Å². The molecule has 1 atom stereocenters. The van der Waals surface area contributed by atoms with Crippen LogP contribution in [0.4, 0.5) is 5.69 Å². The van der Waals surface area contributed by atoms with Crippen LogP contribution < -0.4 is 10.0 Å². The predicted octanol–water partition coefficient (Wildman–Crippen LogP) is 2.91. The summed E-state index contributed by atoms with van der Waals surface area (Å²) in [6.45, 7) is 4.50. The van der Waals surface area contributed by atoms with Gasteiger partial charge in [0, 0.05) is 10.2 Å². The molecule has 0 radical (unpaired) electrons. The molecule has 9 heteroatoms. The Morgan fingerprint density at radius 2 is 1.71 bits per heavy atom. The normalized spacial score (nSPS) is 12.3. The third kappa shape index (κ3) is 6.15. The molecule has 1 unspecified atom stereocenters. The first-order valence-electron chi connectivity index (χ1n) is 8.41. The lowest BCUT2D eigenvalue weighted by Crippen LogP contribution is -2.35. The average Bonchev–Trinajstić information content (AvgIpc) is 2.64. The van der Waals surface area contributed by atoms with Crippen molar-refractivity contribution in [2.75, 3.05) is 11.9 Å². The third-order valence-electron chi connectivity index (χ3n) is 3.98. The summed E-state index contributed by atoms with van der Waals surface area (Å²) < 4.78 is 32.6. The molecular weight excluding hydrogens is 448 g/mol. The summed E-state index contributed by atoms with van der Waals surface area (Å²) >= 11 is 3.29. The molecule has 0 spiro atoms. The van der Waals surface area contributed by atoms with Crippen LogP contribution in [0.25, 0.3) is 0 Å². The summed E-state index contributed by atoms with van der Waals surface area (Å²) in [5.74, 6) is -1.38. The number of carbonyl (C=O) groups excluding carboxylic acids is 2. The second kappa shape index (κ2) is 9.31. The van der Waals surface area contributed by atoms with E-state index in [1.54, 1.807) is 37.3 Å². The monoisotopic (exact) mass is 468 g/mol. The summed E-state index contributed by atoms with van der Waals surface area (Å²) in [6.07, 6.45) is -1.08. The number of halogens is 1. The van der Waals surface area contributed by atoms with E-state index in [9.17, 15) is 18.0 Å². The molecule has 0 aromatic heterocycles. The highest BCUT2D eigenvalue weighted by Gasteiger charge is 2.21. The largest absolute Gasteiger partial charge is 0.452 e. The van der Waals surface area contributed by atoms with E-state index in [0.717, 1.165) is 15.6 Å². The van der Waals surface area contributed by atoms with Crippen LogP contribution in [0, 0.1) is 13.8 Å². The minimum absolute atomic E-state index is 0.0597. The minimum atomic E-state index is -3.86. The van der Waals surface area contributed by atoms with E-state index in [2.05, 4.69) is 26.0 Å². The first kappa shape index (κ1) is 22.1. The molecule has 2 N–H and O–H groups in total. The van der Waals surface area contributed by atoms with Crippen LogP contribution in [-0.2, 0) is 24.3 Å². The van der Waals surface area contributed by atoms with Crippen molar-refractivity contribution in [2.45, 2.75) is 31.8 Å². The highest BCUT2D eigenvalue weighted by atomic mass is 79.9. The Morgan fingerprint density at radius 1 is 1.07 bits per heavy atom. The topological polar surface area (TPSA) is 102 Å². The molecular formula is C19H21BrN2O5S. The standard InChI is InChI=1S/C19H21BrN2O5S/c1-12-4-9-17(10-13(12)2)28(25,26)21-11-18(23)27-14(3)19(24)22-16-7-5-15(20)6-8-16/h4-10,14,21H,11H2,1-3H3,(H,22,24). The Bertz CT molecular complexity index is 974. The van der Waals surface area contributed by atoms with Gasteiger partial charge >= 0.3 is 5.97 Å². The molecule has 2 aromatic carbocycles. The van der Waals surface area contributed by atoms with Gasteiger partial charge in [-0.2, -0.15) is 4.72 Å². The highest BCUT2D eigenvalue weighted by Crippen LogP contribution is 2.15. The number of hydrogen-bond donors (Lipinski definition) is 2. The second-order valence-electron chi connectivity index (χ2n) is 6.20. The average molecular weight is 469 g/mol. The Labute approximate surface area is 172 Å². The van der Waals surface area contributed by atoms with Gasteiger partial charge in [-0.25, -0.2) is 8.42 Å². The number of hydrogen-bond acceptors (Lipinski definition) is 5. The molecule has 0 aliphatic rings. The first-order chi connectivity index (χ1) is 13.1. The number of aryl methyl sites for hydroxylation is 2. The van der Waals surface area contributed by atoms with Gasteiger partial charge in [-0.05, 0) is 68.3 Å². The van der Waals surface area contributed by atoms with Crippen molar-refractivity contribution in [3.8, 4) is 0 Å². The zero-order valence-corrected chi connectivity index (χ0v) is 18.1. The fourth-order valence-corrected chi connectivity index (χ4v) is 3.51. The van der Waals surface area contributed by atoms with Crippen molar-refractivity contribution in [2.24, 2.45) is 0 Å². The quantitative estimate of drug-likeness (QED) is 0.608. The van der Waals surface area contributed by atoms with Crippen molar-refractivity contribution < 1.29 is 22.7 Å². The van der Waals surface area contributed by atoms with Crippen LogP contribution in [0.5, 0.6) is 0 Å². The summed E-state index contributed by atoms with van der Waals surface area (Å²) in [5.41, 5.74) is 2.33. The Balaban J connectivity index is 1.89. The zero-order valence-electron chi connectivity index (χ0n) is 15.7. The van der Waals surface area contributed by atoms with E-state index >= 15 is 0 Å². The maximum Gasteiger partial charge on any atom is 0.321 e. The molecule has 0 heterocycles. The van der Waals surface area contributed by atoms with Crippen LogP contribution >= 0.6 is 15.9 Å². The smallest absolute Gasteiger partial charge is 0.321 e. The molecule has 1 amide bonds. The van der Waals surface area contributed by atoms with Crippen molar-refractivity contribution in [1.82, 2.24) is 4.72 Å². The van der Waals surface area contributed by atoms with Crippen LogP contribution in [-0.4, -0.2) is 32.9 Å². The van der Waals surface area contributed by atoms with E-state index in [1.165, 1.54) is 19.1 Å². The van der Waals surface area contributed by atoms with Crippen molar-refractivity contribution in [3.05, 3.63) is 58.1 Å². The number of benzene rings is 2. The Morgan fingerprint density at radius 3 is 2.32 bits per heavy atom. The van der Waals surface area contributed by atoms with Crippen LogP contribution in [0.2, 0.25) is 0 Å². The number of sulfonamides is 1. The molecule has 7 nitrogen and oxygen atoms in total. The van der Waals surface area contributed by atoms with Gasteiger partial charge in [-0.15, -0.1) is 0 Å². The maximum absolute atomic E-state index is 12.3. The van der Waals surface area contributed by atoms with E-state index in [0.29, 0.717) is 5.69 Å². The number of esters is 1. The predicted molar refractivity (Wildman–Crippen MR) is 109 cm³/mol. The maximum atomic E-state index is 12.3. The van der Waals surface area contributed by atoms with Crippen LogP contribution in [0.15, 0.2) is 51.8 Å². The van der Waals surface area contributed by atoms with Gasteiger partial charge in [0.15, 0.2) is 6.10 Å². The summed E-state index contributed by atoms with van der Waals surface area (Å²) in [7, 11) is -3.86. The third-order valence-corrected chi connectivity index (χ3v) is 5.91. The Kier molecular flexibility index (Phi) is 7.34. The minimum Gasteiger partial charge on any atom is -0.452 e. The number of carbonyl (C=O) groups is 2. The van der Waals surface area contributed by atoms with Gasteiger partial charge in [0.05, 0.1) is 4.90 Å². The van der Waals surface area contributed by atoms with E-state index in [-0.39, 0.29) is 4.90 Å². The van der Waals surface area contributed by atoms with Gasteiger partial charge in [-0.3, -0.25) is 9.59 Å². The molecule has 28 heavy (non-hydrogen) atoms. The van der Waals surface area contributed by atoms with Gasteiger partial charge < -0.3 is 10.1 Å². The molecule has 150 valence electrons. The number of anilines is 1. The lowest BCUT2D eigenvalue weighted by molar-refractivity contribution is -0.151. The fourth-order valence-electron chi connectivity index (χ4n) is 2.19. The van der Waals surface area contributed by atoms with Crippen LogP contribution in [0.1, 0.15) is 18.1 Å². The second-order valence-corrected chi connectivity index (χ2v) is 8.88. The molecule has 0 saturated carbocycles. The molecule has 0 aliphatic heterocycles. The molecule has 0 saturated heterocycles. The summed E-state index contributed by atoms with van der Waals surface area (Å²) in [5, 5.41) is 2.61. The highest BCUT2D eigenvalue weighted by molar-refractivity contribution is 9.10. The molecule has 2 rings (SSSR count). The lowest BCUT2D eigenvalue weighted by Gasteiger charge is -2.14. The summed E-state index contributed by atoms with van der Waals surface area (Å²) in [6, 6.07) is 11.6. The first-order valence-corrected chi connectivity index (χ1v) is 10.7. The van der Waals surface area contributed by atoms with E-state index in [1.807, 2.05) is 6.92 Å². The SMILES string of the molecule is Cc1ccc(S(=O)(=O)NCC(=O)OC(C)C(=O)Nc2ccc(Br)cc2)cc1C.